The van der Waals surface area contributed by atoms with E-state index in [1.807, 2.05) is 11.3 Å². The summed E-state index contributed by atoms with van der Waals surface area (Å²) in [5.41, 5.74) is 2.86. The SMILES string of the molecule is Cc1ccc(C2CC(NC(c3cccs3)C(C)C)C2)cc1. The number of benzene rings is 1. The maximum atomic E-state index is 3.88. The zero-order valence-corrected chi connectivity index (χ0v) is 14.0. The number of nitrogens with one attached hydrogen (secondary N) is 1. The van der Waals surface area contributed by atoms with Crippen molar-refractivity contribution in [1.82, 2.24) is 5.32 Å². The first-order valence-electron chi connectivity index (χ1n) is 7.99. The molecule has 1 aromatic carbocycles. The van der Waals surface area contributed by atoms with Crippen molar-refractivity contribution in [3.05, 3.63) is 57.8 Å². The lowest BCUT2D eigenvalue weighted by Crippen LogP contribution is -2.43. The molecule has 1 aromatic heterocycles. The molecule has 21 heavy (non-hydrogen) atoms. The van der Waals surface area contributed by atoms with Crippen LogP contribution < -0.4 is 5.32 Å². The van der Waals surface area contributed by atoms with Crippen LogP contribution in [-0.4, -0.2) is 6.04 Å². The Labute approximate surface area is 132 Å². The highest BCUT2D eigenvalue weighted by Gasteiger charge is 2.32. The molecule has 0 aliphatic heterocycles. The lowest BCUT2D eigenvalue weighted by molar-refractivity contribution is 0.243. The molecule has 3 rings (SSSR count). The van der Waals surface area contributed by atoms with Gasteiger partial charge in [0.15, 0.2) is 0 Å². The molecular formula is C19H25NS. The molecule has 0 bridgehead atoms. The first kappa shape index (κ1) is 14.8. The van der Waals surface area contributed by atoms with E-state index in [1.54, 1.807) is 0 Å². The zero-order chi connectivity index (χ0) is 14.8. The Balaban J connectivity index is 1.57. The molecule has 1 aliphatic carbocycles. The van der Waals surface area contributed by atoms with Gasteiger partial charge in [0.2, 0.25) is 0 Å². The van der Waals surface area contributed by atoms with Crippen molar-refractivity contribution in [2.24, 2.45) is 5.92 Å². The molecule has 1 unspecified atom stereocenters. The molecule has 1 heterocycles. The van der Waals surface area contributed by atoms with Crippen LogP contribution in [0.4, 0.5) is 0 Å². The van der Waals surface area contributed by atoms with E-state index >= 15 is 0 Å². The van der Waals surface area contributed by atoms with Gasteiger partial charge in [-0.25, -0.2) is 0 Å². The van der Waals surface area contributed by atoms with Crippen LogP contribution in [0.15, 0.2) is 41.8 Å². The van der Waals surface area contributed by atoms with Gasteiger partial charge in [-0.05, 0) is 48.6 Å². The average Bonchev–Trinajstić information content (AvgIpc) is 2.92. The van der Waals surface area contributed by atoms with E-state index in [2.05, 4.69) is 67.9 Å². The molecule has 1 atom stereocenters. The molecule has 0 amide bonds. The second kappa shape index (κ2) is 6.33. The molecule has 2 aromatic rings. The van der Waals surface area contributed by atoms with Crippen LogP contribution in [-0.2, 0) is 0 Å². The first-order chi connectivity index (χ1) is 10.1. The number of hydrogen-bond acceptors (Lipinski definition) is 2. The molecule has 2 heteroatoms. The van der Waals surface area contributed by atoms with Crippen LogP contribution in [0, 0.1) is 12.8 Å². The summed E-state index contributed by atoms with van der Waals surface area (Å²) in [6.45, 7) is 6.78. The molecule has 1 aliphatic rings. The van der Waals surface area contributed by atoms with Crippen LogP contribution in [0.5, 0.6) is 0 Å². The zero-order valence-electron chi connectivity index (χ0n) is 13.2. The first-order valence-corrected chi connectivity index (χ1v) is 8.87. The Bertz CT molecular complexity index is 550. The molecule has 112 valence electrons. The Morgan fingerprint density at radius 3 is 2.38 bits per heavy atom. The molecule has 0 radical (unpaired) electrons. The molecule has 1 nitrogen and oxygen atoms in total. The maximum absolute atomic E-state index is 3.88. The number of aryl methyl sites for hydroxylation is 1. The van der Waals surface area contributed by atoms with E-state index in [9.17, 15) is 0 Å². The summed E-state index contributed by atoms with van der Waals surface area (Å²) in [6.07, 6.45) is 2.55. The Kier molecular flexibility index (Phi) is 4.46. The summed E-state index contributed by atoms with van der Waals surface area (Å²) in [6, 6.07) is 14.7. The fourth-order valence-corrected chi connectivity index (χ4v) is 4.15. The van der Waals surface area contributed by atoms with Gasteiger partial charge in [-0.1, -0.05) is 49.7 Å². The number of thiophene rings is 1. The van der Waals surface area contributed by atoms with Crippen molar-refractivity contribution in [3.63, 3.8) is 0 Å². The predicted molar refractivity (Wildman–Crippen MR) is 92.0 cm³/mol. The van der Waals surface area contributed by atoms with Gasteiger partial charge < -0.3 is 5.32 Å². The Hall–Kier alpha value is -1.12. The fraction of sp³-hybridized carbons (Fsp3) is 0.474. The molecular weight excluding hydrogens is 274 g/mol. The lowest BCUT2D eigenvalue weighted by Gasteiger charge is -2.39. The van der Waals surface area contributed by atoms with E-state index in [0.717, 1.165) is 5.92 Å². The van der Waals surface area contributed by atoms with Crippen LogP contribution >= 0.6 is 11.3 Å². The Morgan fingerprint density at radius 1 is 1.10 bits per heavy atom. The van der Waals surface area contributed by atoms with E-state index in [-0.39, 0.29) is 0 Å². The fourth-order valence-electron chi connectivity index (χ4n) is 3.19. The third-order valence-electron chi connectivity index (χ3n) is 4.62. The van der Waals surface area contributed by atoms with E-state index < -0.39 is 0 Å². The topological polar surface area (TPSA) is 12.0 Å². The van der Waals surface area contributed by atoms with Gasteiger partial charge in [0.1, 0.15) is 0 Å². The standard InChI is InChI=1S/C19H25NS/c1-13(2)19(18-5-4-10-21-18)20-17-11-16(12-17)15-8-6-14(3)7-9-15/h4-10,13,16-17,19-20H,11-12H2,1-3H3. The van der Waals surface area contributed by atoms with Crippen molar-refractivity contribution < 1.29 is 0 Å². The molecule has 1 N–H and O–H groups in total. The van der Waals surface area contributed by atoms with Crippen molar-refractivity contribution in [3.8, 4) is 0 Å². The van der Waals surface area contributed by atoms with Crippen LogP contribution in [0.2, 0.25) is 0 Å². The second-order valence-corrected chi connectivity index (χ2v) is 7.66. The van der Waals surface area contributed by atoms with Gasteiger partial charge in [-0.15, -0.1) is 11.3 Å². The molecule has 1 saturated carbocycles. The summed E-state index contributed by atoms with van der Waals surface area (Å²) in [4.78, 5) is 1.48. The van der Waals surface area contributed by atoms with Gasteiger partial charge in [0.25, 0.3) is 0 Å². The lowest BCUT2D eigenvalue weighted by atomic mass is 9.75. The van der Waals surface area contributed by atoms with Crippen molar-refractivity contribution in [1.29, 1.82) is 0 Å². The van der Waals surface area contributed by atoms with E-state index in [1.165, 1.54) is 28.8 Å². The number of rotatable bonds is 5. The van der Waals surface area contributed by atoms with E-state index in [4.69, 9.17) is 0 Å². The second-order valence-electron chi connectivity index (χ2n) is 6.68. The van der Waals surface area contributed by atoms with Crippen molar-refractivity contribution >= 4 is 11.3 Å². The largest absolute Gasteiger partial charge is 0.306 e. The number of hydrogen-bond donors (Lipinski definition) is 1. The summed E-state index contributed by atoms with van der Waals surface area (Å²) in [5, 5.41) is 6.06. The molecule has 0 saturated heterocycles. The van der Waals surface area contributed by atoms with Crippen molar-refractivity contribution in [2.45, 2.75) is 51.6 Å². The quantitative estimate of drug-likeness (QED) is 0.791. The molecule has 0 spiro atoms. The minimum atomic E-state index is 0.508. The Morgan fingerprint density at radius 2 is 1.81 bits per heavy atom. The summed E-state index contributed by atoms with van der Waals surface area (Å²) < 4.78 is 0. The highest BCUT2D eigenvalue weighted by atomic mass is 32.1. The summed E-state index contributed by atoms with van der Waals surface area (Å²) in [5.74, 6) is 1.39. The van der Waals surface area contributed by atoms with Gasteiger partial charge in [0.05, 0.1) is 0 Å². The minimum absolute atomic E-state index is 0.508. The smallest absolute Gasteiger partial charge is 0.0440 e. The summed E-state index contributed by atoms with van der Waals surface area (Å²) >= 11 is 1.87. The van der Waals surface area contributed by atoms with Crippen LogP contribution in [0.1, 0.15) is 54.7 Å². The van der Waals surface area contributed by atoms with Gasteiger partial charge in [-0.3, -0.25) is 0 Å². The highest BCUT2D eigenvalue weighted by Crippen LogP contribution is 2.39. The van der Waals surface area contributed by atoms with Gasteiger partial charge in [-0.2, -0.15) is 0 Å². The van der Waals surface area contributed by atoms with E-state index in [0.29, 0.717) is 18.0 Å². The van der Waals surface area contributed by atoms with Crippen LogP contribution in [0.3, 0.4) is 0 Å². The minimum Gasteiger partial charge on any atom is -0.306 e. The maximum Gasteiger partial charge on any atom is 0.0440 e. The van der Waals surface area contributed by atoms with Crippen LogP contribution in [0.25, 0.3) is 0 Å². The highest BCUT2D eigenvalue weighted by molar-refractivity contribution is 7.10. The summed E-state index contributed by atoms with van der Waals surface area (Å²) in [7, 11) is 0. The third kappa shape index (κ3) is 3.38. The van der Waals surface area contributed by atoms with Gasteiger partial charge >= 0.3 is 0 Å². The average molecular weight is 299 g/mol. The predicted octanol–water partition coefficient (Wildman–Crippen LogP) is 5.29. The molecule has 1 fully saturated rings. The van der Waals surface area contributed by atoms with Crippen molar-refractivity contribution in [2.75, 3.05) is 0 Å². The normalized spacial score (nSPS) is 23.0. The van der Waals surface area contributed by atoms with Gasteiger partial charge in [0, 0.05) is 17.0 Å². The third-order valence-corrected chi connectivity index (χ3v) is 5.57. The monoisotopic (exact) mass is 299 g/mol.